The number of esters is 2. The first-order valence-corrected chi connectivity index (χ1v) is 10.9. The van der Waals surface area contributed by atoms with Crippen molar-refractivity contribution in [3.05, 3.63) is 42.5 Å². The van der Waals surface area contributed by atoms with Gasteiger partial charge in [0.2, 0.25) is 10.0 Å². The molecule has 0 saturated carbocycles. The zero-order valence-corrected chi connectivity index (χ0v) is 18.0. The van der Waals surface area contributed by atoms with Crippen LogP contribution >= 0.6 is 0 Å². The predicted octanol–water partition coefficient (Wildman–Crippen LogP) is 1.45. The molecule has 1 aromatic carbocycles. The van der Waals surface area contributed by atoms with Crippen LogP contribution < -0.4 is 4.72 Å². The molecular formula is C20H27NO8S. The minimum atomic E-state index is -3.92. The zero-order valence-electron chi connectivity index (χ0n) is 17.2. The molecule has 10 heteroatoms. The molecule has 1 fully saturated rings. The summed E-state index contributed by atoms with van der Waals surface area (Å²) in [4.78, 5) is 23.0. The third kappa shape index (κ3) is 6.91. The Bertz CT molecular complexity index is 852. The third-order valence-electron chi connectivity index (χ3n) is 4.33. The number of rotatable bonds is 9. The molecule has 0 bridgehead atoms. The number of benzene rings is 1. The molecule has 0 radical (unpaired) electrons. The quantitative estimate of drug-likeness (QED) is 0.452. The minimum absolute atomic E-state index is 0.0706. The number of sulfonamides is 1. The summed E-state index contributed by atoms with van der Waals surface area (Å²) in [5.41, 5.74) is 0.914. The molecular weight excluding hydrogens is 414 g/mol. The summed E-state index contributed by atoms with van der Waals surface area (Å²) in [5, 5.41) is 0. The lowest BCUT2D eigenvalue weighted by molar-refractivity contribution is -0.240. The second-order valence-corrected chi connectivity index (χ2v) is 8.59. The van der Waals surface area contributed by atoms with Crippen molar-refractivity contribution in [2.24, 2.45) is 0 Å². The molecule has 0 aromatic heterocycles. The Morgan fingerprint density at radius 2 is 1.90 bits per heavy atom. The number of carbonyl (C=O) groups excluding carboxylic acids is 2. The van der Waals surface area contributed by atoms with Gasteiger partial charge in [0.1, 0.15) is 18.8 Å². The van der Waals surface area contributed by atoms with Gasteiger partial charge < -0.3 is 18.9 Å². The molecule has 1 N–H and O–H groups in total. The predicted molar refractivity (Wildman–Crippen MR) is 107 cm³/mol. The van der Waals surface area contributed by atoms with E-state index in [1.165, 1.54) is 32.1 Å². The van der Waals surface area contributed by atoms with Crippen LogP contribution in [0.3, 0.4) is 0 Å². The van der Waals surface area contributed by atoms with Crippen molar-refractivity contribution in [3.8, 4) is 0 Å². The van der Waals surface area contributed by atoms with Crippen molar-refractivity contribution >= 4 is 22.0 Å². The van der Waals surface area contributed by atoms with Gasteiger partial charge in [-0.25, -0.2) is 13.1 Å². The Kier molecular flexibility index (Phi) is 8.54. The van der Waals surface area contributed by atoms with Gasteiger partial charge in [-0.2, -0.15) is 0 Å². The van der Waals surface area contributed by atoms with Crippen molar-refractivity contribution in [2.75, 3.05) is 13.2 Å². The molecule has 0 amide bonds. The molecule has 1 aliphatic heterocycles. The second kappa shape index (κ2) is 10.7. The molecule has 1 saturated heterocycles. The normalized spacial score (nSPS) is 24.1. The molecule has 166 valence electrons. The monoisotopic (exact) mass is 441 g/mol. The number of carbonyl (C=O) groups is 2. The number of hydrogen-bond donors (Lipinski definition) is 1. The Balaban J connectivity index is 2.30. The Morgan fingerprint density at radius 1 is 1.23 bits per heavy atom. The van der Waals surface area contributed by atoms with E-state index >= 15 is 0 Å². The van der Waals surface area contributed by atoms with E-state index in [-0.39, 0.29) is 24.5 Å². The molecule has 0 unspecified atom stereocenters. The van der Waals surface area contributed by atoms with Crippen LogP contribution in [0, 0.1) is 6.92 Å². The maximum atomic E-state index is 12.9. The summed E-state index contributed by atoms with van der Waals surface area (Å²) in [6.45, 7) is 7.79. The highest BCUT2D eigenvalue weighted by atomic mass is 32.2. The van der Waals surface area contributed by atoms with E-state index < -0.39 is 46.5 Å². The summed E-state index contributed by atoms with van der Waals surface area (Å²) in [6, 6.07) is 5.47. The van der Waals surface area contributed by atoms with Gasteiger partial charge in [-0.15, -0.1) is 6.58 Å². The molecule has 0 aliphatic carbocycles. The summed E-state index contributed by atoms with van der Waals surface area (Å²) in [6.07, 6.45) is -1.17. The van der Waals surface area contributed by atoms with Gasteiger partial charge in [-0.3, -0.25) is 9.59 Å². The molecule has 1 aliphatic rings. The Morgan fingerprint density at radius 3 is 2.47 bits per heavy atom. The van der Waals surface area contributed by atoms with E-state index in [9.17, 15) is 18.0 Å². The van der Waals surface area contributed by atoms with Crippen molar-refractivity contribution in [3.63, 3.8) is 0 Å². The van der Waals surface area contributed by atoms with Gasteiger partial charge in [-0.05, 0) is 19.1 Å². The number of hydrogen-bond acceptors (Lipinski definition) is 8. The van der Waals surface area contributed by atoms with Crippen LogP contribution in [0.4, 0.5) is 0 Å². The van der Waals surface area contributed by atoms with E-state index in [2.05, 4.69) is 11.3 Å². The van der Waals surface area contributed by atoms with Gasteiger partial charge >= 0.3 is 11.9 Å². The van der Waals surface area contributed by atoms with Crippen LogP contribution in [-0.4, -0.2) is 58.1 Å². The van der Waals surface area contributed by atoms with Crippen molar-refractivity contribution in [2.45, 2.75) is 56.6 Å². The lowest BCUT2D eigenvalue weighted by Gasteiger charge is -2.40. The first kappa shape index (κ1) is 24.0. The average molecular weight is 442 g/mol. The standard InChI is InChI=1S/C20H27NO8S/c1-5-10-26-19-11-17(21-30(24,25)16-8-6-13(2)7-9-16)20(28-15(4)23)18(29-19)12-27-14(3)22/h5-9,17-21H,1,10-12H2,2-4H3/t17-,18+,19-,20-/m0/s1. The van der Waals surface area contributed by atoms with Crippen molar-refractivity contribution in [1.29, 1.82) is 0 Å². The fraction of sp³-hybridized carbons (Fsp3) is 0.500. The lowest BCUT2D eigenvalue weighted by atomic mass is 9.99. The van der Waals surface area contributed by atoms with E-state index in [0.717, 1.165) is 5.56 Å². The van der Waals surface area contributed by atoms with Gasteiger partial charge in [0.15, 0.2) is 6.29 Å². The highest BCUT2D eigenvalue weighted by Crippen LogP contribution is 2.26. The maximum absolute atomic E-state index is 12.9. The third-order valence-corrected chi connectivity index (χ3v) is 5.83. The van der Waals surface area contributed by atoms with E-state index in [1.54, 1.807) is 12.1 Å². The molecule has 1 heterocycles. The van der Waals surface area contributed by atoms with E-state index in [4.69, 9.17) is 18.9 Å². The van der Waals surface area contributed by atoms with Crippen LogP contribution in [0.15, 0.2) is 41.8 Å². The number of aryl methyl sites for hydroxylation is 1. The highest BCUT2D eigenvalue weighted by molar-refractivity contribution is 7.89. The lowest BCUT2D eigenvalue weighted by Crippen LogP contribution is -2.58. The molecule has 4 atom stereocenters. The van der Waals surface area contributed by atoms with Gasteiger partial charge in [0.05, 0.1) is 17.5 Å². The van der Waals surface area contributed by atoms with Crippen LogP contribution in [0.25, 0.3) is 0 Å². The topological polar surface area (TPSA) is 117 Å². The maximum Gasteiger partial charge on any atom is 0.303 e. The average Bonchev–Trinajstić information content (AvgIpc) is 2.66. The first-order valence-electron chi connectivity index (χ1n) is 9.40. The molecule has 30 heavy (non-hydrogen) atoms. The molecule has 9 nitrogen and oxygen atoms in total. The van der Waals surface area contributed by atoms with Crippen molar-refractivity contribution < 1.29 is 37.0 Å². The summed E-state index contributed by atoms with van der Waals surface area (Å²) >= 11 is 0. The summed E-state index contributed by atoms with van der Waals surface area (Å²) < 4.78 is 50.0. The second-order valence-electron chi connectivity index (χ2n) is 6.88. The SMILES string of the molecule is C=CCO[C@@H]1C[C@H](NS(=O)(=O)c2ccc(C)cc2)[C@H](OC(C)=O)[C@@H](COC(C)=O)O1. The van der Waals surface area contributed by atoms with Crippen LogP contribution in [0.2, 0.25) is 0 Å². The first-order chi connectivity index (χ1) is 14.1. The van der Waals surface area contributed by atoms with E-state index in [0.29, 0.717) is 0 Å². The van der Waals surface area contributed by atoms with Gasteiger partial charge in [0.25, 0.3) is 0 Å². The van der Waals surface area contributed by atoms with E-state index in [1.807, 2.05) is 6.92 Å². The zero-order chi connectivity index (χ0) is 22.3. The number of nitrogens with one attached hydrogen (secondary N) is 1. The van der Waals surface area contributed by atoms with Gasteiger partial charge in [0, 0.05) is 20.3 Å². The highest BCUT2D eigenvalue weighted by Gasteiger charge is 2.43. The molecule has 1 aromatic rings. The fourth-order valence-electron chi connectivity index (χ4n) is 2.99. The molecule has 0 spiro atoms. The van der Waals surface area contributed by atoms with Crippen LogP contribution in [0.5, 0.6) is 0 Å². The van der Waals surface area contributed by atoms with Crippen LogP contribution in [0.1, 0.15) is 25.8 Å². The van der Waals surface area contributed by atoms with Crippen LogP contribution in [-0.2, 0) is 38.6 Å². The fourth-order valence-corrected chi connectivity index (χ4v) is 4.25. The Labute approximate surface area is 176 Å². The smallest absolute Gasteiger partial charge is 0.303 e. The largest absolute Gasteiger partial charge is 0.463 e. The Hall–Kier alpha value is -2.27. The van der Waals surface area contributed by atoms with Crippen molar-refractivity contribution in [1.82, 2.24) is 4.72 Å². The summed E-state index contributed by atoms with van der Waals surface area (Å²) in [7, 11) is -3.92. The molecule has 2 rings (SSSR count). The van der Waals surface area contributed by atoms with Gasteiger partial charge in [-0.1, -0.05) is 23.8 Å². The minimum Gasteiger partial charge on any atom is -0.463 e. The summed E-state index contributed by atoms with van der Waals surface area (Å²) in [5.74, 6) is -1.17. The number of ether oxygens (including phenoxy) is 4.